The Morgan fingerprint density at radius 1 is 1.29 bits per heavy atom. The maximum Gasteiger partial charge on any atom is 0.262 e. The fourth-order valence-corrected chi connectivity index (χ4v) is 3.37. The minimum atomic E-state index is -0.225. The number of hydrazone groups is 1. The molecule has 28 heavy (non-hydrogen) atoms. The molecule has 2 aromatic carbocycles. The fourth-order valence-electron chi connectivity index (χ4n) is 2.36. The zero-order valence-corrected chi connectivity index (χ0v) is 17.8. The Labute approximate surface area is 175 Å². The standard InChI is InChI=1S/C20H19BrN4O2S/c1-13-5-3-4-6-17(13)24-19(26)11-27-18-8-7-16(21)9-15(18)10-22-25-20-23-14(2)12-28-20/h3-10,12H,11H2,1-2H3,(H,23,25)(H,24,26). The van der Waals surface area contributed by atoms with E-state index < -0.39 is 0 Å². The number of amides is 1. The molecule has 0 saturated heterocycles. The molecule has 1 amide bonds. The number of anilines is 2. The zero-order valence-electron chi connectivity index (χ0n) is 15.4. The number of thiazole rings is 1. The molecule has 0 spiro atoms. The molecule has 1 heterocycles. The summed E-state index contributed by atoms with van der Waals surface area (Å²) in [6, 6.07) is 13.1. The highest BCUT2D eigenvalue weighted by molar-refractivity contribution is 9.10. The van der Waals surface area contributed by atoms with Crippen molar-refractivity contribution in [2.24, 2.45) is 5.10 Å². The molecule has 8 heteroatoms. The molecule has 3 aromatic rings. The van der Waals surface area contributed by atoms with Gasteiger partial charge in [-0.2, -0.15) is 5.10 Å². The minimum absolute atomic E-state index is 0.101. The van der Waals surface area contributed by atoms with Crippen molar-refractivity contribution in [3.63, 3.8) is 0 Å². The summed E-state index contributed by atoms with van der Waals surface area (Å²) in [7, 11) is 0. The molecular weight excluding hydrogens is 440 g/mol. The Bertz CT molecular complexity index is 1000. The first-order valence-corrected chi connectivity index (χ1v) is 10.2. The number of aryl methyl sites for hydroxylation is 2. The van der Waals surface area contributed by atoms with Crippen LogP contribution >= 0.6 is 27.3 Å². The van der Waals surface area contributed by atoms with Crippen molar-refractivity contribution in [2.45, 2.75) is 13.8 Å². The Morgan fingerprint density at radius 3 is 2.86 bits per heavy atom. The van der Waals surface area contributed by atoms with E-state index >= 15 is 0 Å². The lowest BCUT2D eigenvalue weighted by atomic mass is 10.2. The van der Waals surface area contributed by atoms with E-state index in [9.17, 15) is 4.79 Å². The zero-order chi connectivity index (χ0) is 19.9. The lowest BCUT2D eigenvalue weighted by Crippen LogP contribution is -2.21. The third-order valence-electron chi connectivity index (χ3n) is 3.73. The summed E-state index contributed by atoms with van der Waals surface area (Å²) in [5, 5.41) is 9.71. The van der Waals surface area contributed by atoms with Gasteiger partial charge < -0.3 is 10.1 Å². The lowest BCUT2D eigenvalue weighted by molar-refractivity contribution is -0.118. The number of ether oxygens (including phenoxy) is 1. The molecule has 0 saturated carbocycles. The number of carbonyl (C=O) groups is 1. The van der Waals surface area contributed by atoms with Gasteiger partial charge in [-0.05, 0) is 43.7 Å². The predicted molar refractivity (Wildman–Crippen MR) is 118 cm³/mol. The smallest absolute Gasteiger partial charge is 0.262 e. The van der Waals surface area contributed by atoms with Crippen molar-refractivity contribution in [3.05, 3.63) is 69.1 Å². The van der Waals surface area contributed by atoms with Crippen LogP contribution in [0, 0.1) is 13.8 Å². The second kappa shape index (κ2) is 9.48. The lowest BCUT2D eigenvalue weighted by Gasteiger charge is -2.11. The Hall–Kier alpha value is -2.71. The molecule has 1 aromatic heterocycles. The van der Waals surface area contributed by atoms with Crippen LogP contribution in [0.2, 0.25) is 0 Å². The van der Waals surface area contributed by atoms with Crippen LogP contribution in [0.4, 0.5) is 10.8 Å². The summed E-state index contributed by atoms with van der Waals surface area (Å²) in [6.45, 7) is 3.76. The average molecular weight is 459 g/mol. The van der Waals surface area contributed by atoms with Gasteiger partial charge >= 0.3 is 0 Å². The van der Waals surface area contributed by atoms with Crippen LogP contribution in [-0.4, -0.2) is 23.7 Å². The van der Waals surface area contributed by atoms with Crippen molar-refractivity contribution < 1.29 is 9.53 Å². The van der Waals surface area contributed by atoms with E-state index in [1.165, 1.54) is 11.3 Å². The van der Waals surface area contributed by atoms with E-state index in [0.717, 1.165) is 27.0 Å². The van der Waals surface area contributed by atoms with Crippen molar-refractivity contribution in [2.75, 3.05) is 17.3 Å². The van der Waals surface area contributed by atoms with Gasteiger partial charge in [-0.15, -0.1) is 11.3 Å². The molecule has 0 radical (unpaired) electrons. The molecule has 0 aliphatic rings. The molecule has 0 aliphatic heterocycles. The van der Waals surface area contributed by atoms with E-state index in [1.54, 1.807) is 12.3 Å². The highest BCUT2D eigenvalue weighted by Crippen LogP contribution is 2.22. The van der Waals surface area contributed by atoms with Gasteiger partial charge in [0.05, 0.1) is 11.9 Å². The largest absolute Gasteiger partial charge is 0.483 e. The van der Waals surface area contributed by atoms with Crippen molar-refractivity contribution in [1.29, 1.82) is 0 Å². The molecule has 0 atom stereocenters. The molecule has 6 nitrogen and oxygen atoms in total. The molecule has 0 aliphatic carbocycles. The maximum atomic E-state index is 12.2. The van der Waals surface area contributed by atoms with E-state index in [1.807, 2.05) is 55.6 Å². The van der Waals surface area contributed by atoms with Gasteiger partial charge in [0.25, 0.3) is 5.91 Å². The molecular formula is C20H19BrN4O2S. The fraction of sp³-hybridized carbons (Fsp3) is 0.150. The number of hydrogen-bond donors (Lipinski definition) is 2. The number of nitrogens with one attached hydrogen (secondary N) is 2. The van der Waals surface area contributed by atoms with Gasteiger partial charge in [-0.3, -0.25) is 10.2 Å². The van der Waals surface area contributed by atoms with Gasteiger partial charge in [0.1, 0.15) is 5.75 Å². The Morgan fingerprint density at radius 2 is 2.11 bits per heavy atom. The van der Waals surface area contributed by atoms with Crippen LogP contribution < -0.4 is 15.5 Å². The summed E-state index contributed by atoms with van der Waals surface area (Å²) in [4.78, 5) is 16.5. The van der Waals surface area contributed by atoms with Crippen LogP contribution in [0.25, 0.3) is 0 Å². The summed E-state index contributed by atoms with van der Waals surface area (Å²) in [5.74, 6) is 0.334. The Balaban J connectivity index is 1.63. The van der Waals surface area contributed by atoms with Crippen LogP contribution in [0.1, 0.15) is 16.8 Å². The first kappa shape index (κ1) is 20.0. The number of nitrogens with zero attached hydrogens (tertiary/aromatic N) is 2. The molecule has 2 N–H and O–H groups in total. The second-order valence-electron chi connectivity index (χ2n) is 6.00. The highest BCUT2D eigenvalue weighted by atomic mass is 79.9. The normalized spacial score (nSPS) is 10.8. The molecule has 0 fully saturated rings. The van der Waals surface area contributed by atoms with Crippen molar-refractivity contribution >= 4 is 50.2 Å². The van der Waals surface area contributed by atoms with Gasteiger partial charge in [0.2, 0.25) is 5.13 Å². The summed E-state index contributed by atoms with van der Waals surface area (Å²) < 4.78 is 6.59. The van der Waals surface area contributed by atoms with Crippen LogP contribution in [-0.2, 0) is 4.79 Å². The van der Waals surface area contributed by atoms with Crippen molar-refractivity contribution in [1.82, 2.24) is 4.98 Å². The quantitative estimate of drug-likeness (QED) is 0.386. The monoisotopic (exact) mass is 458 g/mol. The third kappa shape index (κ3) is 5.64. The van der Waals surface area contributed by atoms with Gasteiger partial charge in [-0.1, -0.05) is 34.1 Å². The average Bonchev–Trinajstić information content (AvgIpc) is 3.08. The van der Waals surface area contributed by atoms with Crippen molar-refractivity contribution in [3.8, 4) is 5.75 Å². The Kier molecular flexibility index (Phi) is 6.78. The maximum absolute atomic E-state index is 12.2. The number of aromatic nitrogens is 1. The number of carbonyl (C=O) groups excluding carboxylic acids is 1. The molecule has 3 rings (SSSR count). The summed E-state index contributed by atoms with van der Waals surface area (Å²) in [5.41, 5.74) is 6.34. The van der Waals surface area contributed by atoms with E-state index in [-0.39, 0.29) is 12.5 Å². The number of hydrogen-bond acceptors (Lipinski definition) is 6. The third-order valence-corrected chi connectivity index (χ3v) is 5.09. The summed E-state index contributed by atoms with van der Waals surface area (Å²) >= 11 is 4.92. The van der Waals surface area contributed by atoms with Crippen LogP contribution in [0.3, 0.4) is 0 Å². The van der Waals surface area contributed by atoms with Gasteiger partial charge in [-0.25, -0.2) is 4.98 Å². The topological polar surface area (TPSA) is 75.6 Å². The minimum Gasteiger partial charge on any atom is -0.483 e. The molecule has 144 valence electrons. The first-order chi connectivity index (χ1) is 13.5. The first-order valence-electron chi connectivity index (χ1n) is 8.50. The van der Waals surface area contributed by atoms with E-state index in [0.29, 0.717) is 10.9 Å². The van der Waals surface area contributed by atoms with E-state index in [4.69, 9.17) is 4.74 Å². The highest BCUT2D eigenvalue weighted by Gasteiger charge is 2.08. The van der Waals surface area contributed by atoms with E-state index in [2.05, 4.69) is 36.8 Å². The number of halogens is 1. The van der Waals surface area contributed by atoms with Crippen LogP contribution in [0.15, 0.2) is 57.4 Å². The molecule has 0 unspecified atom stereocenters. The van der Waals surface area contributed by atoms with Gasteiger partial charge in [0, 0.05) is 21.1 Å². The van der Waals surface area contributed by atoms with Gasteiger partial charge in [0.15, 0.2) is 6.61 Å². The SMILES string of the molecule is Cc1csc(NN=Cc2cc(Br)ccc2OCC(=O)Nc2ccccc2C)n1. The molecule has 0 bridgehead atoms. The number of rotatable bonds is 7. The summed E-state index contributed by atoms with van der Waals surface area (Å²) in [6.07, 6.45) is 1.63. The predicted octanol–water partition coefficient (Wildman–Crippen LogP) is 4.99. The second-order valence-corrected chi connectivity index (χ2v) is 7.77. The van der Waals surface area contributed by atoms with Crippen LogP contribution in [0.5, 0.6) is 5.75 Å². The number of para-hydroxylation sites is 1. The number of benzene rings is 2.